The number of nitrogens with one attached hydrogen (secondary N) is 1. The molecule has 0 heterocycles. The Labute approximate surface area is 170 Å². The third kappa shape index (κ3) is 5.02. The van der Waals surface area contributed by atoms with Crippen LogP contribution < -0.4 is 5.32 Å². The maximum absolute atomic E-state index is 9.87. The van der Waals surface area contributed by atoms with Crippen molar-refractivity contribution in [2.45, 2.75) is 46.1 Å². The Hall–Kier alpha value is -2.58. The van der Waals surface area contributed by atoms with E-state index in [1.54, 1.807) is 0 Å². The van der Waals surface area contributed by atoms with Crippen molar-refractivity contribution in [3.05, 3.63) is 88.1 Å². The number of rotatable bonds is 7. The van der Waals surface area contributed by atoms with Crippen molar-refractivity contribution in [1.82, 2.24) is 5.32 Å². The Balaban J connectivity index is 2.62. The highest BCUT2D eigenvalue weighted by Gasteiger charge is 2.17. The second kappa shape index (κ2) is 9.57. The van der Waals surface area contributed by atoms with Crippen molar-refractivity contribution < 1.29 is 5.11 Å². The van der Waals surface area contributed by atoms with Gasteiger partial charge in [-0.1, -0.05) is 75.9 Å². The van der Waals surface area contributed by atoms with Crippen LogP contribution in [0.5, 0.6) is 0 Å². The zero-order valence-electron chi connectivity index (χ0n) is 17.8. The molecule has 0 saturated heterocycles. The van der Waals surface area contributed by atoms with Crippen LogP contribution in [0.3, 0.4) is 0 Å². The second-order valence-corrected chi connectivity index (χ2v) is 8.04. The molecular formula is C26H33NO. The van der Waals surface area contributed by atoms with Gasteiger partial charge in [-0.25, -0.2) is 0 Å². The fourth-order valence-corrected chi connectivity index (χ4v) is 3.39. The van der Waals surface area contributed by atoms with Gasteiger partial charge in [0.1, 0.15) is 0 Å². The summed E-state index contributed by atoms with van der Waals surface area (Å²) in [5.74, 6) is 0. The van der Waals surface area contributed by atoms with Gasteiger partial charge in [0.2, 0.25) is 0 Å². The Morgan fingerprint density at radius 1 is 1.00 bits per heavy atom. The van der Waals surface area contributed by atoms with E-state index in [2.05, 4.69) is 75.2 Å². The van der Waals surface area contributed by atoms with Gasteiger partial charge in [-0.2, -0.15) is 0 Å². The Bertz CT molecular complexity index is 882. The van der Waals surface area contributed by atoms with Crippen molar-refractivity contribution >= 4 is 18.2 Å². The summed E-state index contributed by atoms with van der Waals surface area (Å²) in [7, 11) is 1.90. The van der Waals surface area contributed by atoms with Gasteiger partial charge in [0.25, 0.3) is 0 Å². The van der Waals surface area contributed by atoms with Gasteiger partial charge < -0.3 is 10.4 Å². The summed E-state index contributed by atoms with van der Waals surface area (Å²) in [5.41, 5.74) is 8.15. The Kier molecular flexibility index (Phi) is 7.42. The molecule has 0 unspecified atom stereocenters. The Morgan fingerprint density at radius 3 is 2.29 bits per heavy atom. The van der Waals surface area contributed by atoms with E-state index in [0.717, 1.165) is 28.7 Å². The van der Waals surface area contributed by atoms with Crippen LogP contribution in [0.4, 0.5) is 0 Å². The number of allylic oxidation sites excluding steroid dienone is 1. The molecular weight excluding hydrogens is 342 g/mol. The lowest BCUT2D eigenvalue weighted by Gasteiger charge is -2.22. The van der Waals surface area contributed by atoms with Crippen LogP contribution in [0.15, 0.2) is 49.2 Å². The van der Waals surface area contributed by atoms with Crippen molar-refractivity contribution in [1.29, 1.82) is 0 Å². The lowest BCUT2D eigenvalue weighted by Crippen LogP contribution is -2.12. The van der Waals surface area contributed by atoms with E-state index in [0.29, 0.717) is 0 Å². The summed E-state index contributed by atoms with van der Waals surface area (Å²) < 4.78 is 0. The van der Waals surface area contributed by atoms with E-state index in [1.165, 1.54) is 16.7 Å². The first-order chi connectivity index (χ1) is 13.3. The van der Waals surface area contributed by atoms with E-state index < -0.39 is 0 Å². The molecule has 2 N–H and O–H groups in total. The van der Waals surface area contributed by atoms with Gasteiger partial charge in [0.15, 0.2) is 0 Å². The average Bonchev–Trinajstić information content (AvgIpc) is 2.67. The molecule has 2 aromatic rings. The van der Waals surface area contributed by atoms with E-state index in [4.69, 9.17) is 0 Å². The molecule has 148 valence electrons. The average molecular weight is 376 g/mol. The number of hydrogen-bond donors (Lipinski definition) is 2. The molecule has 0 fully saturated rings. The van der Waals surface area contributed by atoms with Crippen LogP contribution in [-0.4, -0.2) is 12.2 Å². The van der Waals surface area contributed by atoms with Crippen LogP contribution in [0.2, 0.25) is 0 Å². The molecule has 0 radical (unpaired) electrons. The molecule has 0 saturated carbocycles. The monoisotopic (exact) mass is 375 g/mol. The quantitative estimate of drug-likeness (QED) is 0.628. The minimum atomic E-state index is 0.0480. The molecule has 0 bridgehead atoms. The maximum Gasteiger partial charge on any atom is 0.0684 e. The molecule has 0 amide bonds. The highest BCUT2D eigenvalue weighted by Crippen LogP contribution is 2.29. The van der Waals surface area contributed by atoms with Gasteiger partial charge in [0, 0.05) is 7.05 Å². The number of aliphatic hydroxyl groups excluding tert-OH is 1. The summed E-state index contributed by atoms with van der Waals surface area (Å²) in [5, 5.41) is 13.0. The fraction of sp³-hybridized carbons (Fsp3) is 0.308. The summed E-state index contributed by atoms with van der Waals surface area (Å²) >= 11 is 0. The van der Waals surface area contributed by atoms with Crippen LogP contribution >= 0.6 is 0 Å². The van der Waals surface area contributed by atoms with Crippen LogP contribution in [0, 0.1) is 0 Å². The maximum atomic E-state index is 9.87. The normalized spacial score (nSPS) is 12.1. The van der Waals surface area contributed by atoms with Gasteiger partial charge in [0.05, 0.1) is 6.61 Å². The molecule has 2 heteroatoms. The highest BCUT2D eigenvalue weighted by molar-refractivity contribution is 5.75. The molecule has 2 rings (SSSR count). The van der Waals surface area contributed by atoms with Crippen molar-refractivity contribution in [2.24, 2.45) is 0 Å². The zero-order chi connectivity index (χ0) is 20.7. The first-order valence-corrected chi connectivity index (χ1v) is 9.83. The Morgan fingerprint density at radius 2 is 1.71 bits per heavy atom. The van der Waals surface area contributed by atoms with Crippen LogP contribution in [-0.2, 0) is 18.4 Å². The summed E-state index contributed by atoms with van der Waals surface area (Å²) in [4.78, 5) is 0. The SMILES string of the molecule is C=Cc1c(/C=C\C)ccc(Cc2cc(C(C)(C)C)ccc2CO)c1/C=C\NC. The lowest BCUT2D eigenvalue weighted by molar-refractivity contribution is 0.280. The van der Waals surface area contributed by atoms with E-state index in [1.807, 2.05) is 32.3 Å². The minimum absolute atomic E-state index is 0.0480. The first-order valence-electron chi connectivity index (χ1n) is 9.83. The third-order valence-corrected chi connectivity index (χ3v) is 5.00. The van der Waals surface area contributed by atoms with Gasteiger partial charge in [-0.05, 0) is 70.0 Å². The molecule has 0 aliphatic rings. The lowest BCUT2D eigenvalue weighted by atomic mass is 9.83. The molecule has 0 aliphatic carbocycles. The van der Waals surface area contributed by atoms with Gasteiger partial charge >= 0.3 is 0 Å². The molecule has 28 heavy (non-hydrogen) atoms. The summed E-state index contributed by atoms with van der Waals surface area (Å²) in [6.45, 7) is 12.8. The van der Waals surface area contributed by atoms with Crippen molar-refractivity contribution in [2.75, 3.05) is 7.05 Å². The predicted octanol–water partition coefficient (Wildman–Crippen LogP) is 5.93. The number of benzene rings is 2. The summed E-state index contributed by atoms with van der Waals surface area (Å²) in [6.07, 6.45) is 10.9. The standard InChI is InChI=1S/C26H33NO/c1-7-9-19-10-11-20(25(14-15-27-6)24(19)8-2)16-22-17-23(26(3,4)5)13-12-21(22)18-28/h7-15,17,27-28H,2,16,18H2,1,3-6H3/b9-7-,15-14-. The predicted molar refractivity (Wildman–Crippen MR) is 123 cm³/mol. The van der Waals surface area contributed by atoms with Crippen molar-refractivity contribution in [3.63, 3.8) is 0 Å². The largest absolute Gasteiger partial charge is 0.394 e. The second-order valence-electron chi connectivity index (χ2n) is 8.04. The van der Waals surface area contributed by atoms with Crippen molar-refractivity contribution in [3.8, 4) is 0 Å². The minimum Gasteiger partial charge on any atom is -0.394 e. The highest BCUT2D eigenvalue weighted by atomic mass is 16.3. The molecule has 0 aliphatic heterocycles. The first kappa shape index (κ1) is 21.7. The molecule has 0 aromatic heterocycles. The number of aliphatic hydroxyl groups is 1. The van der Waals surface area contributed by atoms with E-state index in [9.17, 15) is 5.11 Å². The van der Waals surface area contributed by atoms with E-state index >= 15 is 0 Å². The van der Waals surface area contributed by atoms with Gasteiger partial charge in [-0.15, -0.1) is 0 Å². The molecule has 2 nitrogen and oxygen atoms in total. The molecule has 2 aromatic carbocycles. The smallest absolute Gasteiger partial charge is 0.0684 e. The molecule has 0 atom stereocenters. The number of hydrogen-bond acceptors (Lipinski definition) is 2. The summed E-state index contributed by atoms with van der Waals surface area (Å²) in [6, 6.07) is 10.8. The topological polar surface area (TPSA) is 32.3 Å². The zero-order valence-corrected chi connectivity index (χ0v) is 17.8. The van der Waals surface area contributed by atoms with Crippen LogP contribution in [0.1, 0.15) is 66.6 Å². The van der Waals surface area contributed by atoms with Crippen LogP contribution in [0.25, 0.3) is 18.2 Å². The van der Waals surface area contributed by atoms with E-state index in [-0.39, 0.29) is 12.0 Å². The molecule has 0 spiro atoms. The van der Waals surface area contributed by atoms with Gasteiger partial charge in [-0.3, -0.25) is 0 Å². The third-order valence-electron chi connectivity index (χ3n) is 5.00. The fourth-order valence-electron chi connectivity index (χ4n) is 3.39.